The van der Waals surface area contributed by atoms with Crippen molar-refractivity contribution >= 4 is 22.6 Å². The number of fused-ring (bicyclic) bond motifs is 1. The lowest BCUT2D eigenvalue weighted by Crippen LogP contribution is -2.23. The van der Waals surface area contributed by atoms with E-state index in [9.17, 15) is 18.0 Å². The molecule has 0 fully saturated rings. The highest BCUT2D eigenvalue weighted by molar-refractivity contribution is 6.06. The van der Waals surface area contributed by atoms with Gasteiger partial charge >= 0.3 is 0 Å². The molecule has 1 amide bonds. The van der Waals surface area contributed by atoms with Crippen LogP contribution in [0.3, 0.4) is 0 Å². The third kappa shape index (κ3) is 4.59. The SMILES string of the molecule is COc1ccc(F)cc1C(=O)NCc1ccc(-c2nc(C(F)F)c(-c3ncccn3)c3[nH]nc(N)c23)cc1. The second-order valence-corrected chi connectivity index (χ2v) is 8.18. The van der Waals surface area contributed by atoms with Gasteiger partial charge in [0, 0.05) is 24.5 Å². The molecule has 0 saturated heterocycles. The second kappa shape index (κ2) is 10.2. The zero-order valence-corrected chi connectivity index (χ0v) is 19.9. The number of hydrogen-bond donors (Lipinski definition) is 3. The van der Waals surface area contributed by atoms with E-state index in [0.717, 1.165) is 6.07 Å². The van der Waals surface area contributed by atoms with Gasteiger partial charge in [0.15, 0.2) is 11.6 Å². The van der Waals surface area contributed by atoms with Crippen LogP contribution in [0.15, 0.2) is 60.9 Å². The van der Waals surface area contributed by atoms with Crippen molar-refractivity contribution in [3.63, 3.8) is 0 Å². The number of methoxy groups -OCH3 is 1. The molecule has 0 unspecified atom stereocenters. The fraction of sp³-hybridized carbons (Fsp3) is 0.115. The molecule has 9 nitrogen and oxygen atoms in total. The molecule has 12 heteroatoms. The Morgan fingerprint density at radius 1 is 1.13 bits per heavy atom. The smallest absolute Gasteiger partial charge is 0.281 e. The summed E-state index contributed by atoms with van der Waals surface area (Å²) in [7, 11) is 1.39. The molecule has 0 aliphatic carbocycles. The summed E-state index contributed by atoms with van der Waals surface area (Å²) in [6.07, 6.45) is -0.0338. The Labute approximate surface area is 213 Å². The van der Waals surface area contributed by atoms with Crippen LogP contribution in [0.4, 0.5) is 19.0 Å². The molecule has 38 heavy (non-hydrogen) atoms. The lowest BCUT2D eigenvalue weighted by Gasteiger charge is -2.13. The number of halogens is 3. The molecule has 5 rings (SSSR count). The normalized spacial score (nSPS) is 11.2. The molecule has 0 saturated carbocycles. The second-order valence-electron chi connectivity index (χ2n) is 8.18. The number of aromatic nitrogens is 5. The van der Waals surface area contributed by atoms with E-state index in [-0.39, 0.29) is 46.3 Å². The number of nitrogens with one attached hydrogen (secondary N) is 2. The van der Waals surface area contributed by atoms with Crippen molar-refractivity contribution in [1.82, 2.24) is 30.5 Å². The minimum absolute atomic E-state index is 0.0238. The van der Waals surface area contributed by atoms with Crippen LogP contribution in [0, 0.1) is 5.82 Å². The number of ether oxygens (including phenoxy) is 1. The fourth-order valence-corrected chi connectivity index (χ4v) is 4.07. The number of pyridine rings is 1. The molecule has 0 bridgehead atoms. The zero-order valence-electron chi connectivity index (χ0n) is 19.9. The molecular formula is C26H20F3N7O2. The van der Waals surface area contributed by atoms with Crippen molar-refractivity contribution in [1.29, 1.82) is 0 Å². The van der Waals surface area contributed by atoms with Crippen molar-refractivity contribution in [2.24, 2.45) is 0 Å². The Kier molecular flexibility index (Phi) is 6.60. The molecule has 4 N–H and O–H groups in total. The van der Waals surface area contributed by atoms with Gasteiger partial charge in [0.2, 0.25) is 0 Å². The van der Waals surface area contributed by atoms with Crippen LogP contribution in [0.25, 0.3) is 33.5 Å². The van der Waals surface area contributed by atoms with Crippen molar-refractivity contribution in [2.45, 2.75) is 13.0 Å². The average Bonchev–Trinajstić information content (AvgIpc) is 3.32. The number of alkyl halides is 2. The Morgan fingerprint density at radius 3 is 2.55 bits per heavy atom. The van der Waals surface area contributed by atoms with E-state index in [1.807, 2.05) is 0 Å². The minimum Gasteiger partial charge on any atom is -0.496 e. The summed E-state index contributed by atoms with van der Waals surface area (Å²) in [5.41, 5.74) is 7.34. The predicted molar refractivity (Wildman–Crippen MR) is 134 cm³/mol. The molecule has 0 radical (unpaired) electrons. The summed E-state index contributed by atoms with van der Waals surface area (Å²) in [5.74, 6) is -0.686. The lowest BCUT2D eigenvalue weighted by atomic mass is 10.0. The number of aromatic amines is 1. The number of carbonyl (C=O) groups excluding carboxylic acids is 1. The maximum atomic E-state index is 14.1. The first kappa shape index (κ1) is 24.7. The number of amides is 1. The first-order valence-electron chi connectivity index (χ1n) is 11.3. The number of rotatable bonds is 7. The zero-order chi connectivity index (χ0) is 26.8. The standard InChI is InChI=1S/C26H20F3N7O2/c1-38-17-8-7-15(27)11-16(17)26(37)33-12-13-3-5-14(6-4-13)20-18-21(35-36-24(18)30)19(22(34-20)23(28)29)25-31-9-2-10-32-25/h2-11,23H,12H2,1H3,(H,33,37)(H3,30,35,36). The summed E-state index contributed by atoms with van der Waals surface area (Å²) in [5, 5.41) is 9.80. The van der Waals surface area contributed by atoms with Crippen LogP contribution in [-0.2, 0) is 6.54 Å². The number of nitrogens with two attached hydrogens (primary N) is 1. The van der Waals surface area contributed by atoms with Crippen LogP contribution < -0.4 is 15.8 Å². The first-order valence-corrected chi connectivity index (χ1v) is 11.3. The highest BCUT2D eigenvalue weighted by atomic mass is 19.3. The number of H-pyrrole nitrogens is 1. The molecule has 192 valence electrons. The van der Waals surface area contributed by atoms with Gasteiger partial charge in [-0.25, -0.2) is 28.1 Å². The van der Waals surface area contributed by atoms with E-state index in [1.165, 1.54) is 31.6 Å². The summed E-state index contributed by atoms with van der Waals surface area (Å²) >= 11 is 0. The van der Waals surface area contributed by atoms with Crippen LogP contribution in [0.1, 0.15) is 28.0 Å². The number of nitrogen functional groups attached to an aromatic ring is 1. The van der Waals surface area contributed by atoms with Gasteiger partial charge in [-0.2, -0.15) is 5.10 Å². The number of hydrogen-bond acceptors (Lipinski definition) is 7. The van der Waals surface area contributed by atoms with Gasteiger partial charge in [0.1, 0.15) is 17.3 Å². The molecule has 3 aromatic heterocycles. The van der Waals surface area contributed by atoms with Crippen molar-refractivity contribution in [2.75, 3.05) is 12.8 Å². The molecule has 0 aliphatic heterocycles. The lowest BCUT2D eigenvalue weighted by molar-refractivity contribution is 0.0947. The van der Waals surface area contributed by atoms with E-state index < -0.39 is 23.8 Å². The van der Waals surface area contributed by atoms with Gasteiger partial charge < -0.3 is 15.8 Å². The number of benzene rings is 2. The van der Waals surface area contributed by atoms with Crippen LogP contribution >= 0.6 is 0 Å². The summed E-state index contributed by atoms with van der Waals surface area (Å²) in [6.45, 7) is 0.127. The van der Waals surface area contributed by atoms with Crippen LogP contribution in [-0.4, -0.2) is 38.2 Å². The molecule has 0 spiro atoms. The predicted octanol–water partition coefficient (Wildman–Crippen LogP) is 4.68. The Hall–Kier alpha value is -5.00. The molecule has 0 atom stereocenters. The third-order valence-corrected chi connectivity index (χ3v) is 5.85. The number of carbonyl (C=O) groups is 1. The third-order valence-electron chi connectivity index (χ3n) is 5.85. The highest BCUT2D eigenvalue weighted by Crippen LogP contribution is 2.39. The van der Waals surface area contributed by atoms with Gasteiger partial charge in [-0.05, 0) is 29.8 Å². The van der Waals surface area contributed by atoms with E-state index >= 15 is 0 Å². The quantitative estimate of drug-likeness (QED) is 0.285. The van der Waals surface area contributed by atoms with Crippen LogP contribution in [0.2, 0.25) is 0 Å². The molecule has 3 heterocycles. The highest BCUT2D eigenvalue weighted by Gasteiger charge is 2.26. The summed E-state index contributed by atoms with van der Waals surface area (Å²) < 4.78 is 47.0. The van der Waals surface area contributed by atoms with E-state index in [1.54, 1.807) is 30.3 Å². The largest absolute Gasteiger partial charge is 0.496 e. The van der Waals surface area contributed by atoms with Gasteiger partial charge in [-0.1, -0.05) is 24.3 Å². The van der Waals surface area contributed by atoms with E-state index in [2.05, 4.69) is 30.5 Å². The molecular weight excluding hydrogens is 499 g/mol. The maximum absolute atomic E-state index is 14.1. The maximum Gasteiger partial charge on any atom is 0.281 e. The molecule has 2 aromatic carbocycles. The van der Waals surface area contributed by atoms with Crippen molar-refractivity contribution in [3.05, 3.63) is 83.6 Å². The van der Waals surface area contributed by atoms with Crippen molar-refractivity contribution < 1.29 is 22.7 Å². The van der Waals surface area contributed by atoms with E-state index in [4.69, 9.17) is 10.5 Å². The van der Waals surface area contributed by atoms with Gasteiger partial charge in [0.25, 0.3) is 12.3 Å². The fourth-order valence-electron chi connectivity index (χ4n) is 4.07. The van der Waals surface area contributed by atoms with Gasteiger partial charge in [-0.15, -0.1) is 0 Å². The Balaban J connectivity index is 1.47. The first-order chi connectivity index (χ1) is 18.4. The van der Waals surface area contributed by atoms with Gasteiger partial charge in [-0.3, -0.25) is 9.89 Å². The monoisotopic (exact) mass is 519 g/mol. The Morgan fingerprint density at radius 2 is 1.87 bits per heavy atom. The average molecular weight is 519 g/mol. The summed E-state index contributed by atoms with van der Waals surface area (Å²) in [6, 6.07) is 12.0. The molecule has 0 aliphatic rings. The minimum atomic E-state index is -2.92. The molecule has 5 aromatic rings. The van der Waals surface area contributed by atoms with Crippen LogP contribution in [0.5, 0.6) is 5.75 Å². The Bertz CT molecular complexity index is 1620. The van der Waals surface area contributed by atoms with E-state index in [0.29, 0.717) is 16.5 Å². The van der Waals surface area contributed by atoms with Crippen molar-refractivity contribution in [3.8, 4) is 28.4 Å². The summed E-state index contributed by atoms with van der Waals surface area (Å²) in [4.78, 5) is 25.0. The number of anilines is 1. The number of nitrogens with zero attached hydrogens (tertiary/aromatic N) is 4. The topological polar surface area (TPSA) is 132 Å². The van der Waals surface area contributed by atoms with Gasteiger partial charge in [0.05, 0.1) is 34.8 Å².